The Kier molecular flexibility index (Phi) is 4.49. The number of H-pyrrole nitrogens is 1. The second-order valence-corrected chi connectivity index (χ2v) is 6.59. The van der Waals surface area contributed by atoms with Crippen LogP contribution in [0.5, 0.6) is 0 Å². The van der Waals surface area contributed by atoms with E-state index in [1.807, 2.05) is 19.1 Å². The molecule has 0 saturated heterocycles. The number of aromatic amines is 1. The number of rotatable bonds is 4. The Morgan fingerprint density at radius 3 is 2.75 bits per heavy atom. The van der Waals surface area contributed by atoms with Crippen molar-refractivity contribution in [2.45, 2.75) is 13.3 Å². The van der Waals surface area contributed by atoms with Crippen molar-refractivity contribution in [2.24, 2.45) is 0 Å². The monoisotopic (exact) mass is 375 g/mol. The SMILES string of the molecule is Cc1ccc(F)c(CC(=O)Nc2ccc(-c3nccc4[nH]nc(N)c34)cc2)c1. The Labute approximate surface area is 160 Å². The third-order valence-electron chi connectivity index (χ3n) is 4.50. The van der Waals surface area contributed by atoms with Gasteiger partial charge in [-0.3, -0.25) is 14.9 Å². The predicted octanol–water partition coefficient (Wildman–Crippen LogP) is 3.84. The van der Waals surface area contributed by atoms with Crippen LogP contribution in [-0.4, -0.2) is 21.1 Å². The Morgan fingerprint density at radius 2 is 1.96 bits per heavy atom. The van der Waals surface area contributed by atoms with Crippen molar-refractivity contribution >= 4 is 28.3 Å². The molecule has 0 fully saturated rings. The highest BCUT2D eigenvalue weighted by atomic mass is 19.1. The summed E-state index contributed by atoms with van der Waals surface area (Å²) in [6.45, 7) is 1.86. The smallest absolute Gasteiger partial charge is 0.228 e. The lowest BCUT2D eigenvalue weighted by atomic mass is 10.1. The zero-order valence-electron chi connectivity index (χ0n) is 15.2. The number of halogens is 1. The number of nitrogens with zero attached hydrogens (tertiary/aromatic N) is 2. The van der Waals surface area contributed by atoms with Crippen LogP contribution in [0.2, 0.25) is 0 Å². The zero-order valence-corrected chi connectivity index (χ0v) is 15.2. The molecule has 0 radical (unpaired) electrons. The molecular formula is C21H18FN5O. The average Bonchev–Trinajstić information content (AvgIpc) is 3.07. The number of fused-ring (bicyclic) bond motifs is 1. The molecule has 0 saturated carbocycles. The summed E-state index contributed by atoms with van der Waals surface area (Å²) in [5.41, 5.74) is 10.2. The van der Waals surface area contributed by atoms with Gasteiger partial charge in [-0.2, -0.15) is 5.10 Å². The highest BCUT2D eigenvalue weighted by Gasteiger charge is 2.12. The lowest BCUT2D eigenvalue weighted by Crippen LogP contribution is -2.15. The van der Waals surface area contributed by atoms with Gasteiger partial charge in [0.05, 0.1) is 23.0 Å². The van der Waals surface area contributed by atoms with E-state index in [0.717, 1.165) is 22.0 Å². The minimum atomic E-state index is -0.382. The number of anilines is 2. The van der Waals surface area contributed by atoms with Crippen LogP contribution in [0.4, 0.5) is 15.9 Å². The summed E-state index contributed by atoms with van der Waals surface area (Å²) in [7, 11) is 0. The number of carbonyl (C=O) groups excluding carboxylic acids is 1. The number of amides is 1. The van der Waals surface area contributed by atoms with Crippen molar-refractivity contribution in [1.29, 1.82) is 0 Å². The van der Waals surface area contributed by atoms with E-state index in [1.54, 1.807) is 36.5 Å². The molecule has 28 heavy (non-hydrogen) atoms. The van der Waals surface area contributed by atoms with E-state index in [1.165, 1.54) is 6.07 Å². The number of pyridine rings is 1. The van der Waals surface area contributed by atoms with Crippen molar-refractivity contribution in [3.63, 3.8) is 0 Å². The molecular weight excluding hydrogens is 357 g/mol. The molecule has 2 aromatic heterocycles. The molecule has 2 aromatic carbocycles. The fraction of sp³-hybridized carbons (Fsp3) is 0.0952. The number of benzene rings is 2. The molecule has 0 spiro atoms. The van der Waals surface area contributed by atoms with Gasteiger partial charge in [0.25, 0.3) is 0 Å². The van der Waals surface area contributed by atoms with Crippen molar-refractivity contribution in [1.82, 2.24) is 15.2 Å². The quantitative estimate of drug-likeness (QED) is 0.505. The molecule has 4 aromatic rings. The maximum absolute atomic E-state index is 13.8. The number of hydrogen-bond donors (Lipinski definition) is 3. The van der Waals surface area contributed by atoms with Gasteiger partial charge >= 0.3 is 0 Å². The molecule has 1 amide bonds. The minimum absolute atomic E-state index is 0.0261. The van der Waals surface area contributed by atoms with E-state index in [2.05, 4.69) is 20.5 Å². The van der Waals surface area contributed by atoms with E-state index >= 15 is 0 Å². The second-order valence-electron chi connectivity index (χ2n) is 6.59. The van der Waals surface area contributed by atoms with Crippen LogP contribution in [0.3, 0.4) is 0 Å². The van der Waals surface area contributed by atoms with E-state index in [4.69, 9.17) is 5.73 Å². The molecule has 0 aliphatic heterocycles. The van der Waals surface area contributed by atoms with Crippen LogP contribution in [0.1, 0.15) is 11.1 Å². The van der Waals surface area contributed by atoms with E-state index in [9.17, 15) is 9.18 Å². The molecule has 140 valence electrons. The van der Waals surface area contributed by atoms with Gasteiger partial charge in [0.15, 0.2) is 5.82 Å². The third-order valence-corrected chi connectivity index (χ3v) is 4.50. The minimum Gasteiger partial charge on any atom is -0.382 e. The summed E-state index contributed by atoms with van der Waals surface area (Å²) in [6.07, 6.45) is 1.66. The van der Waals surface area contributed by atoms with Gasteiger partial charge in [-0.05, 0) is 36.8 Å². The summed E-state index contributed by atoms with van der Waals surface area (Å²) in [6, 6.07) is 13.8. The number of nitrogen functional groups attached to an aromatic ring is 1. The van der Waals surface area contributed by atoms with Crippen LogP contribution < -0.4 is 11.1 Å². The summed E-state index contributed by atoms with van der Waals surface area (Å²) in [5, 5.41) is 10.4. The summed E-state index contributed by atoms with van der Waals surface area (Å²) >= 11 is 0. The second kappa shape index (κ2) is 7.11. The number of aryl methyl sites for hydroxylation is 1. The predicted molar refractivity (Wildman–Crippen MR) is 107 cm³/mol. The molecule has 0 unspecified atom stereocenters. The normalized spacial score (nSPS) is 10.9. The first-order valence-electron chi connectivity index (χ1n) is 8.75. The summed E-state index contributed by atoms with van der Waals surface area (Å²) < 4.78 is 13.8. The Hall–Kier alpha value is -3.74. The number of nitrogens with two attached hydrogens (primary N) is 1. The molecule has 4 rings (SSSR count). The van der Waals surface area contributed by atoms with Gasteiger partial charge < -0.3 is 11.1 Å². The van der Waals surface area contributed by atoms with E-state index in [0.29, 0.717) is 22.8 Å². The molecule has 6 nitrogen and oxygen atoms in total. The standard InChI is InChI=1S/C21H18FN5O/c1-12-2-7-16(22)14(10-12)11-18(28)25-15-5-3-13(4-6-15)20-19-17(8-9-24-20)26-27-21(19)23/h2-10H,11H2,1H3,(H,25,28)(H3,23,26,27). The Morgan fingerprint density at radius 1 is 1.18 bits per heavy atom. The highest BCUT2D eigenvalue weighted by Crippen LogP contribution is 2.29. The fourth-order valence-electron chi connectivity index (χ4n) is 3.14. The van der Waals surface area contributed by atoms with Crippen LogP contribution in [-0.2, 0) is 11.2 Å². The van der Waals surface area contributed by atoms with Gasteiger partial charge in [0.2, 0.25) is 5.91 Å². The van der Waals surface area contributed by atoms with Gasteiger partial charge in [0, 0.05) is 17.4 Å². The Bertz CT molecular complexity index is 1170. The first kappa shape index (κ1) is 17.7. The summed E-state index contributed by atoms with van der Waals surface area (Å²) in [5.74, 6) is -0.278. The highest BCUT2D eigenvalue weighted by molar-refractivity contribution is 6.00. The van der Waals surface area contributed by atoms with Crippen LogP contribution >= 0.6 is 0 Å². The largest absolute Gasteiger partial charge is 0.382 e. The van der Waals surface area contributed by atoms with Gasteiger partial charge in [0.1, 0.15) is 5.82 Å². The molecule has 0 bridgehead atoms. The fourth-order valence-corrected chi connectivity index (χ4v) is 3.14. The molecule has 7 heteroatoms. The first-order chi connectivity index (χ1) is 13.5. The van der Waals surface area contributed by atoms with Gasteiger partial charge in [-0.1, -0.05) is 29.8 Å². The van der Waals surface area contributed by atoms with Gasteiger partial charge in [-0.25, -0.2) is 4.39 Å². The van der Waals surface area contributed by atoms with Crippen molar-refractivity contribution in [3.8, 4) is 11.3 Å². The van der Waals surface area contributed by atoms with Crippen molar-refractivity contribution in [3.05, 3.63) is 71.7 Å². The maximum Gasteiger partial charge on any atom is 0.228 e. The molecule has 0 aliphatic rings. The lowest BCUT2D eigenvalue weighted by molar-refractivity contribution is -0.115. The van der Waals surface area contributed by atoms with E-state index < -0.39 is 0 Å². The number of nitrogens with one attached hydrogen (secondary N) is 2. The van der Waals surface area contributed by atoms with Crippen molar-refractivity contribution in [2.75, 3.05) is 11.1 Å². The van der Waals surface area contributed by atoms with Crippen molar-refractivity contribution < 1.29 is 9.18 Å². The Balaban J connectivity index is 1.52. The molecule has 4 N–H and O–H groups in total. The summed E-state index contributed by atoms with van der Waals surface area (Å²) in [4.78, 5) is 16.7. The molecule has 0 aliphatic carbocycles. The number of carbonyl (C=O) groups is 1. The zero-order chi connectivity index (χ0) is 19.7. The van der Waals surface area contributed by atoms with Crippen LogP contribution in [0, 0.1) is 12.7 Å². The molecule has 0 atom stereocenters. The topological polar surface area (TPSA) is 96.7 Å². The van der Waals surface area contributed by atoms with Gasteiger partial charge in [-0.15, -0.1) is 0 Å². The molecule has 2 heterocycles. The first-order valence-corrected chi connectivity index (χ1v) is 8.75. The number of hydrogen-bond acceptors (Lipinski definition) is 4. The number of aromatic nitrogens is 3. The maximum atomic E-state index is 13.8. The average molecular weight is 375 g/mol. The third kappa shape index (κ3) is 3.42. The van der Waals surface area contributed by atoms with Crippen LogP contribution in [0.25, 0.3) is 22.2 Å². The van der Waals surface area contributed by atoms with E-state index in [-0.39, 0.29) is 18.1 Å². The lowest BCUT2D eigenvalue weighted by Gasteiger charge is -2.08. The van der Waals surface area contributed by atoms with Crippen LogP contribution in [0.15, 0.2) is 54.7 Å².